The first kappa shape index (κ1) is 17.5. The molecule has 0 aromatic heterocycles. The van der Waals surface area contributed by atoms with Gasteiger partial charge in [-0.2, -0.15) is 0 Å². The van der Waals surface area contributed by atoms with Crippen molar-refractivity contribution in [1.82, 2.24) is 0 Å². The van der Waals surface area contributed by atoms with Crippen LogP contribution in [0, 0.1) is 5.92 Å². The minimum atomic E-state index is -0.500. The lowest BCUT2D eigenvalue weighted by Crippen LogP contribution is -2.50. The highest BCUT2D eigenvalue weighted by Crippen LogP contribution is 2.43. The van der Waals surface area contributed by atoms with E-state index in [0.717, 1.165) is 48.8 Å². The maximum Gasteiger partial charge on any atom is 0.316 e. The Balaban J connectivity index is 1.77. The maximum absolute atomic E-state index is 13.3. The number of rotatable bonds is 4. The summed E-state index contributed by atoms with van der Waals surface area (Å²) in [5, 5.41) is 0. The number of nitrogens with zero attached hydrogens (tertiary/aromatic N) is 1. The minimum Gasteiger partial charge on any atom is -0.461 e. The van der Waals surface area contributed by atoms with Gasteiger partial charge >= 0.3 is 5.97 Å². The third-order valence-corrected chi connectivity index (χ3v) is 6.36. The van der Waals surface area contributed by atoms with Gasteiger partial charge in [0.1, 0.15) is 6.10 Å². The van der Waals surface area contributed by atoms with Gasteiger partial charge in [-0.25, -0.2) is 0 Å². The molecule has 1 aromatic rings. The third-order valence-electron chi connectivity index (χ3n) is 6.36. The first-order valence-electron chi connectivity index (χ1n) is 9.50. The monoisotopic (exact) mass is 330 g/mol. The molecule has 1 saturated carbocycles. The van der Waals surface area contributed by atoms with Crippen LogP contribution in [0.1, 0.15) is 51.0 Å². The Morgan fingerprint density at radius 3 is 2.21 bits per heavy atom. The van der Waals surface area contributed by atoms with Gasteiger partial charge in [0, 0.05) is 12.8 Å². The summed E-state index contributed by atoms with van der Waals surface area (Å²) in [7, 11) is 4.51. The summed E-state index contributed by atoms with van der Waals surface area (Å²) in [4.78, 5) is 13.3. The fourth-order valence-corrected chi connectivity index (χ4v) is 4.44. The number of ether oxygens (including phenoxy) is 1. The van der Waals surface area contributed by atoms with Crippen LogP contribution in [0.15, 0.2) is 30.3 Å². The second-order valence-corrected chi connectivity index (χ2v) is 8.54. The highest BCUT2D eigenvalue weighted by atomic mass is 16.5. The summed E-state index contributed by atoms with van der Waals surface area (Å²) < 4.78 is 7.10. The Morgan fingerprint density at radius 2 is 1.62 bits per heavy atom. The molecule has 3 heteroatoms. The molecule has 1 aliphatic carbocycles. The summed E-state index contributed by atoms with van der Waals surface area (Å²) in [6, 6.07) is 10.3. The van der Waals surface area contributed by atoms with E-state index in [9.17, 15) is 4.79 Å². The summed E-state index contributed by atoms with van der Waals surface area (Å²) >= 11 is 0. The van der Waals surface area contributed by atoms with E-state index in [2.05, 4.69) is 33.2 Å². The standard InChI is InChI=1S/C21H32NO2/c1-21(18-11-7-8-12-18,17-9-5-4-6-10-17)20(23)24-19-13-15-22(2,3)16-14-19/h4-6,9-10,18-19H,7-8,11-16H2,1-3H3/q+1/t21-/m0/s1. The third kappa shape index (κ3) is 3.51. The average molecular weight is 330 g/mol. The first-order valence-corrected chi connectivity index (χ1v) is 9.50. The van der Waals surface area contributed by atoms with Gasteiger partial charge < -0.3 is 9.22 Å². The van der Waals surface area contributed by atoms with Crippen molar-refractivity contribution in [3.05, 3.63) is 35.9 Å². The molecular weight excluding hydrogens is 298 g/mol. The first-order chi connectivity index (χ1) is 11.4. The number of esters is 1. The summed E-state index contributed by atoms with van der Waals surface area (Å²) in [6.45, 7) is 4.29. The van der Waals surface area contributed by atoms with Crippen molar-refractivity contribution in [2.75, 3.05) is 27.2 Å². The van der Waals surface area contributed by atoms with E-state index < -0.39 is 5.41 Å². The minimum absolute atomic E-state index is 0.00203. The van der Waals surface area contributed by atoms with Crippen LogP contribution in [-0.2, 0) is 14.9 Å². The molecule has 1 aromatic carbocycles. The molecule has 0 radical (unpaired) electrons. The lowest BCUT2D eigenvalue weighted by molar-refractivity contribution is -0.896. The van der Waals surface area contributed by atoms with Gasteiger partial charge in [0.25, 0.3) is 0 Å². The number of carbonyl (C=O) groups excluding carboxylic acids is 1. The number of quaternary nitrogens is 1. The van der Waals surface area contributed by atoms with Crippen molar-refractivity contribution in [3.63, 3.8) is 0 Å². The lowest BCUT2D eigenvalue weighted by Gasteiger charge is -2.39. The van der Waals surface area contributed by atoms with Crippen LogP contribution in [0.5, 0.6) is 0 Å². The van der Waals surface area contributed by atoms with Crippen molar-refractivity contribution in [1.29, 1.82) is 0 Å². The second kappa shape index (κ2) is 6.87. The topological polar surface area (TPSA) is 26.3 Å². The smallest absolute Gasteiger partial charge is 0.316 e. The van der Waals surface area contributed by atoms with Gasteiger partial charge in [0.15, 0.2) is 0 Å². The molecule has 3 nitrogen and oxygen atoms in total. The van der Waals surface area contributed by atoms with Crippen LogP contribution in [-0.4, -0.2) is 43.7 Å². The zero-order valence-corrected chi connectivity index (χ0v) is 15.5. The molecule has 24 heavy (non-hydrogen) atoms. The highest BCUT2D eigenvalue weighted by Gasteiger charge is 2.46. The molecule has 1 aliphatic heterocycles. The van der Waals surface area contributed by atoms with Crippen molar-refractivity contribution >= 4 is 5.97 Å². The molecule has 0 spiro atoms. The molecule has 1 atom stereocenters. The Bertz CT molecular complexity index is 552. The largest absolute Gasteiger partial charge is 0.461 e. The Labute approximate surface area is 146 Å². The molecule has 0 unspecified atom stereocenters. The predicted molar refractivity (Wildman–Crippen MR) is 96.7 cm³/mol. The van der Waals surface area contributed by atoms with Gasteiger partial charge in [-0.3, -0.25) is 4.79 Å². The van der Waals surface area contributed by atoms with E-state index in [4.69, 9.17) is 4.74 Å². The second-order valence-electron chi connectivity index (χ2n) is 8.54. The predicted octanol–water partition coefficient (Wildman–Crippen LogP) is 3.92. The van der Waals surface area contributed by atoms with Gasteiger partial charge in [0.05, 0.1) is 32.6 Å². The quantitative estimate of drug-likeness (QED) is 0.618. The molecule has 0 N–H and O–H groups in total. The zero-order valence-electron chi connectivity index (χ0n) is 15.5. The van der Waals surface area contributed by atoms with Crippen molar-refractivity contribution < 1.29 is 14.0 Å². The molecule has 0 amide bonds. The van der Waals surface area contributed by atoms with Gasteiger partial charge in [0.2, 0.25) is 0 Å². The molecule has 0 bridgehead atoms. The normalized spacial score (nSPS) is 24.5. The highest BCUT2D eigenvalue weighted by molar-refractivity contribution is 5.83. The maximum atomic E-state index is 13.3. The van der Waals surface area contributed by atoms with Crippen molar-refractivity contribution in [3.8, 4) is 0 Å². The van der Waals surface area contributed by atoms with E-state index in [0.29, 0.717) is 5.92 Å². The number of hydrogen-bond donors (Lipinski definition) is 0. The molecule has 2 fully saturated rings. The van der Waals surface area contributed by atoms with Crippen LogP contribution >= 0.6 is 0 Å². The van der Waals surface area contributed by atoms with E-state index in [1.165, 1.54) is 12.8 Å². The SMILES string of the molecule is C[C@](C(=O)OC1CC[N+](C)(C)CC1)(c1ccccc1)C1CCCC1. The van der Waals surface area contributed by atoms with Crippen LogP contribution in [0.4, 0.5) is 0 Å². The molecular formula is C21H32NO2+. The molecule has 1 saturated heterocycles. The molecule has 132 valence electrons. The van der Waals surface area contributed by atoms with Crippen LogP contribution in [0.25, 0.3) is 0 Å². The number of carbonyl (C=O) groups is 1. The number of benzene rings is 1. The van der Waals surface area contributed by atoms with Crippen molar-refractivity contribution in [2.24, 2.45) is 5.92 Å². The molecule has 3 rings (SSSR count). The van der Waals surface area contributed by atoms with Crippen LogP contribution in [0.3, 0.4) is 0 Å². The Morgan fingerprint density at radius 1 is 1.04 bits per heavy atom. The van der Waals surface area contributed by atoms with E-state index in [1.807, 2.05) is 18.2 Å². The fourth-order valence-electron chi connectivity index (χ4n) is 4.44. The Kier molecular flexibility index (Phi) is 5.00. The van der Waals surface area contributed by atoms with Gasteiger partial charge in [-0.15, -0.1) is 0 Å². The molecule has 1 heterocycles. The summed E-state index contributed by atoms with van der Waals surface area (Å²) in [5.74, 6) is 0.404. The van der Waals surface area contributed by atoms with Crippen molar-refractivity contribution in [2.45, 2.75) is 57.0 Å². The summed E-state index contributed by atoms with van der Waals surface area (Å²) in [5.41, 5.74) is 0.619. The fraction of sp³-hybridized carbons (Fsp3) is 0.667. The summed E-state index contributed by atoms with van der Waals surface area (Å²) in [6.07, 6.45) is 6.78. The van der Waals surface area contributed by atoms with Gasteiger partial charge in [-0.05, 0) is 31.2 Å². The molecule has 2 aliphatic rings. The van der Waals surface area contributed by atoms with Gasteiger partial charge in [-0.1, -0.05) is 43.2 Å². The average Bonchev–Trinajstić information content (AvgIpc) is 3.12. The van der Waals surface area contributed by atoms with Crippen LogP contribution < -0.4 is 0 Å². The zero-order chi connectivity index (χ0) is 17.2. The number of likely N-dealkylation sites (tertiary alicyclic amines) is 1. The van der Waals surface area contributed by atoms with E-state index >= 15 is 0 Å². The van der Waals surface area contributed by atoms with E-state index in [-0.39, 0.29) is 12.1 Å². The van der Waals surface area contributed by atoms with E-state index in [1.54, 1.807) is 0 Å². The van der Waals surface area contributed by atoms with Crippen LogP contribution in [0.2, 0.25) is 0 Å². The Hall–Kier alpha value is -1.35. The number of hydrogen-bond acceptors (Lipinski definition) is 2. The lowest BCUT2D eigenvalue weighted by atomic mass is 9.71. The number of piperidine rings is 1.